The van der Waals surface area contributed by atoms with E-state index in [9.17, 15) is 28.7 Å². The van der Waals surface area contributed by atoms with E-state index in [1.165, 1.54) is 12.1 Å². The molecule has 4 N–H and O–H groups in total. The summed E-state index contributed by atoms with van der Waals surface area (Å²) in [5.41, 5.74) is 1.23. The van der Waals surface area contributed by atoms with E-state index in [1.807, 2.05) is 0 Å². The fourth-order valence-electron chi connectivity index (χ4n) is 3.93. The van der Waals surface area contributed by atoms with Gasteiger partial charge in [-0.15, -0.1) is 0 Å². The number of ether oxygens (including phenoxy) is 1. The molecule has 2 heterocycles. The zero-order valence-corrected chi connectivity index (χ0v) is 19.4. The van der Waals surface area contributed by atoms with Gasteiger partial charge in [0.25, 0.3) is 5.24 Å². The summed E-state index contributed by atoms with van der Waals surface area (Å²) in [7, 11) is 0. The van der Waals surface area contributed by atoms with Crippen LogP contribution in [0.1, 0.15) is 24.0 Å². The molecule has 2 aromatic rings. The fraction of sp³-hybridized carbons (Fsp3) is 0.333. The number of rotatable bonds is 9. The van der Waals surface area contributed by atoms with Gasteiger partial charge in [-0.2, -0.15) is 0 Å². The molecule has 0 bridgehead atoms. The maximum absolute atomic E-state index is 14.6. The van der Waals surface area contributed by atoms with E-state index in [4.69, 9.17) is 4.74 Å². The molecule has 0 aromatic heterocycles. The van der Waals surface area contributed by atoms with Crippen LogP contribution in [-0.4, -0.2) is 52.0 Å². The summed E-state index contributed by atoms with van der Waals surface area (Å²) in [6, 6.07) is 9.39. The number of thioether (sulfide) groups is 1. The summed E-state index contributed by atoms with van der Waals surface area (Å²) in [4.78, 5) is 46.9. The lowest BCUT2D eigenvalue weighted by Crippen LogP contribution is -2.49. The first kappa shape index (κ1) is 24.7. The van der Waals surface area contributed by atoms with Crippen LogP contribution in [0.3, 0.4) is 0 Å². The average Bonchev–Trinajstić information content (AvgIpc) is 3.46. The third-order valence-corrected chi connectivity index (χ3v) is 6.75. The van der Waals surface area contributed by atoms with Crippen molar-refractivity contribution in [2.75, 3.05) is 6.54 Å². The lowest BCUT2D eigenvalue weighted by Gasteiger charge is -2.18. The first-order valence-corrected chi connectivity index (χ1v) is 12.0. The summed E-state index contributed by atoms with van der Waals surface area (Å²) in [5.74, 6) is -2.12. The summed E-state index contributed by atoms with van der Waals surface area (Å²) in [5, 5.41) is 16.3. The number of imide groups is 1. The molecule has 2 aromatic carbocycles. The van der Waals surface area contributed by atoms with E-state index < -0.39 is 28.3 Å². The molecule has 2 fully saturated rings. The molecule has 2 aliphatic rings. The number of carboxylic acids is 1. The van der Waals surface area contributed by atoms with Gasteiger partial charge in [0.15, 0.2) is 11.6 Å². The van der Waals surface area contributed by atoms with E-state index >= 15 is 0 Å². The highest BCUT2D eigenvalue weighted by molar-refractivity contribution is 8.15. The van der Waals surface area contributed by atoms with Crippen molar-refractivity contribution in [3.8, 4) is 11.5 Å². The lowest BCUT2D eigenvalue weighted by atomic mass is 10.0. The quantitative estimate of drug-likeness (QED) is 0.412. The van der Waals surface area contributed by atoms with Crippen LogP contribution in [0.5, 0.6) is 11.5 Å². The van der Waals surface area contributed by atoms with Crippen LogP contribution < -0.4 is 20.7 Å². The number of halogens is 1. The van der Waals surface area contributed by atoms with Crippen LogP contribution in [0.2, 0.25) is 0 Å². The Balaban J connectivity index is 1.35. The summed E-state index contributed by atoms with van der Waals surface area (Å²) in [6.07, 6.45) is 1.85. The topological polar surface area (TPSA) is 134 Å². The van der Waals surface area contributed by atoms with Crippen molar-refractivity contribution in [1.82, 2.24) is 16.0 Å². The minimum Gasteiger partial charge on any atom is -0.480 e. The normalized spacial score (nSPS) is 20.4. The average molecular weight is 502 g/mol. The third-order valence-electron chi connectivity index (χ3n) is 5.77. The van der Waals surface area contributed by atoms with Gasteiger partial charge in [0.05, 0.1) is 11.3 Å². The van der Waals surface area contributed by atoms with E-state index in [1.54, 1.807) is 30.3 Å². The number of benzene rings is 2. The standard InChI is InChI=1S/C24H24FN3O6S/c25-16-10-14(12-20-22(30)28-24(33)35-20)5-8-19(16)34-15-6-3-13(4-7-15)11-18(23(31)32)27-21(29)17-2-1-9-26-17/h3-8,10,17-18,20,26H,1-2,9,11-12H2,(H,27,29)(H,31,32)(H,28,30,33). The molecule has 35 heavy (non-hydrogen) atoms. The molecule has 11 heteroatoms. The van der Waals surface area contributed by atoms with Crippen LogP contribution in [0.25, 0.3) is 0 Å². The Morgan fingerprint density at radius 1 is 1.17 bits per heavy atom. The maximum atomic E-state index is 14.6. The van der Waals surface area contributed by atoms with E-state index in [0.29, 0.717) is 23.3 Å². The number of amides is 3. The van der Waals surface area contributed by atoms with Gasteiger partial charge in [-0.05, 0) is 61.2 Å². The van der Waals surface area contributed by atoms with Crippen LogP contribution in [0.4, 0.5) is 9.18 Å². The predicted molar refractivity (Wildman–Crippen MR) is 126 cm³/mol. The minimum absolute atomic E-state index is 0.0131. The second-order valence-corrected chi connectivity index (χ2v) is 9.53. The molecule has 9 nitrogen and oxygen atoms in total. The van der Waals surface area contributed by atoms with Crippen molar-refractivity contribution >= 4 is 34.8 Å². The number of hydrogen-bond donors (Lipinski definition) is 4. The molecule has 3 unspecified atom stereocenters. The number of hydrogen-bond acceptors (Lipinski definition) is 7. The van der Waals surface area contributed by atoms with Crippen molar-refractivity contribution in [3.05, 3.63) is 59.4 Å². The van der Waals surface area contributed by atoms with Gasteiger partial charge in [-0.25, -0.2) is 9.18 Å². The van der Waals surface area contributed by atoms with Gasteiger partial charge in [0.1, 0.15) is 11.8 Å². The highest BCUT2D eigenvalue weighted by Gasteiger charge is 2.31. The number of carboxylic acid groups (broad SMARTS) is 1. The molecule has 0 spiro atoms. The first-order valence-electron chi connectivity index (χ1n) is 11.1. The first-order chi connectivity index (χ1) is 16.8. The van der Waals surface area contributed by atoms with Crippen LogP contribution >= 0.6 is 11.8 Å². The Morgan fingerprint density at radius 2 is 1.91 bits per heavy atom. The Labute approximate surface area is 204 Å². The number of nitrogens with one attached hydrogen (secondary N) is 3. The molecule has 184 valence electrons. The number of carbonyl (C=O) groups excluding carboxylic acids is 3. The molecule has 3 amide bonds. The highest BCUT2D eigenvalue weighted by Crippen LogP contribution is 2.28. The van der Waals surface area contributed by atoms with E-state index in [0.717, 1.165) is 24.7 Å². The minimum atomic E-state index is -1.13. The van der Waals surface area contributed by atoms with Crippen molar-refractivity contribution in [2.45, 2.75) is 43.0 Å². The van der Waals surface area contributed by atoms with Gasteiger partial charge >= 0.3 is 5.97 Å². The molecule has 0 aliphatic carbocycles. The number of aliphatic carboxylic acids is 1. The maximum Gasteiger partial charge on any atom is 0.326 e. The van der Waals surface area contributed by atoms with Gasteiger partial charge in [0, 0.05) is 6.42 Å². The smallest absolute Gasteiger partial charge is 0.326 e. The molecule has 4 rings (SSSR count). The van der Waals surface area contributed by atoms with Gasteiger partial charge in [0.2, 0.25) is 11.8 Å². The second-order valence-electron chi connectivity index (χ2n) is 8.35. The third kappa shape index (κ3) is 6.37. The molecule has 0 radical (unpaired) electrons. The van der Waals surface area contributed by atoms with Gasteiger partial charge in [-0.3, -0.25) is 19.7 Å². The fourth-order valence-corrected chi connectivity index (χ4v) is 4.79. The molecular formula is C24H24FN3O6S. The van der Waals surface area contributed by atoms with E-state index in [-0.39, 0.29) is 36.4 Å². The lowest BCUT2D eigenvalue weighted by molar-refractivity contribution is -0.142. The summed E-state index contributed by atoms with van der Waals surface area (Å²) < 4.78 is 20.2. The Bertz CT molecular complexity index is 1140. The molecular weight excluding hydrogens is 477 g/mol. The molecule has 0 saturated carbocycles. The summed E-state index contributed by atoms with van der Waals surface area (Å²) >= 11 is 0.881. The Hall–Kier alpha value is -3.44. The monoisotopic (exact) mass is 501 g/mol. The Morgan fingerprint density at radius 3 is 2.51 bits per heavy atom. The molecule has 3 atom stereocenters. The van der Waals surface area contributed by atoms with Crippen molar-refractivity contribution in [1.29, 1.82) is 0 Å². The van der Waals surface area contributed by atoms with E-state index in [2.05, 4.69) is 16.0 Å². The largest absolute Gasteiger partial charge is 0.480 e. The highest BCUT2D eigenvalue weighted by atomic mass is 32.2. The van der Waals surface area contributed by atoms with Crippen LogP contribution in [0.15, 0.2) is 42.5 Å². The Kier molecular flexibility index (Phi) is 7.67. The predicted octanol–water partition coefficient (Wildman–Crippen LogP) is 2.38. The zero-order chi connectivity index (χ0) is 24.9. The van der Waals surface area contributed by atoms with Crippen molar-refractivity contribution in [3.63, 3.8) is 0 Å². The van der Waals surface area contributed by atoms with Crippen molar-refractivity contribution < 1.29 is 33.4 Å². The molecule has 2 aliphatic heterocycles. The van der Waals surface area contributed by atoms with Crippen molar-refractivity contribution in [2.24, 2.45) is 0 Å². The van der Waals surface area contributed by atoms with Gasteiger partial charge in [-0.1, -0.05) is 30.0 Å². The summed E-state index contributed by atoms with van der Waals surface area (Å²) in [6.45, 7) is 0.734. The van der Waals surface area contributed by atoms with Crippen LogP contribution in [-0.2, 0) is 27.2 Å². The second kappa shape index (κ2) is 10.9. The SMILES string of the molecule is O=C1NC(=O)C(Cc2ccc(Oc3ccc(CC(NC(=O)C4CCCN4)C(=O)O)cc3)c(F)c2)S1. The number of carbonyl (C=O) groups is 4. The van der Waals surface area contributed by atoms with Gasteiger partial charge < -0.3 is 20.5 Å². The molecule has 2 saturated heterocycles. The zero-order valence-electron chi connectivity index (χ0n) is 18.6. The van der Waals surface area contributed by atoms with Crippen LogP contribution in [0, 0.1) is 5.82 Å².